The molecule has 0 bridgehead atoms. The summed E-state index contributed by atoms with van der Waals surface area (Å²) in [7, 11) is 0. The summed E-state index contributed by atoms with van der Waals surface area (Å²) in [5, 5.41) is 0. The van der Waals surface area contributed by atoms with Crippen LogP contribution in [-0.4, -0.2) is 0 Å². The summed E-state index contributed by atoms with van der Waals surface area (Å²) in [6, 6.07) is 0. The van der Waals surface area contributed by atoms with Gasteiger partial charge in [-0.3, -0.25) is 0 Å². The van der Waals surface area contributed by atoms with Gasteiger partial charge in [-0.1, -0.05) is 85.3 Å². The molecule has 3 aliphatic carbocycles. The highest BCUT2D eigenvalue weighted by Gasteiger charge is 2.64. The molecule has 0 heteroatoms. The Morgan fingerprint density at radius 1 is 0.909 bits per heavy atom. The van der Waals surface area contributed by atoms with E-state index in [1.807, 2.05) is 0 Å². The smallest absolute Gasteiger partial charge is 0.00820 e. The molecule has 0 N–H and O–H groups in total. The van der Waals surface area contributed by atoms with Crippen LogP contribution in [0.25, 0.3) is 0 Å². The second-order valence-electron chi connectivity index (χ2n) is 10.0. The Hall–Kier alpha value is -0.780. The van der Waals surface area contributed by atoms with Crippen molar-refractivity contribution in [1.29, 1.82) is 0 Å². The Balaban J connectivity index is 2.22. The van der Waals surface area contributed by atoms with Crippen LogP contribution in [0.15, 0.2) is 35.5 Å². The minimum absolute atomic E-state index is 0.240. The lowest BCUT2D eigenvalue weighted by Gasteiger charge is -2.68. The van der Waals surface area contributed by atoms with Crippen LogP contribution >= 0.6 is 0 Å². The average molecular weight is 299 g/mol. The van der Waals surface area contributed by atoms with Gasteiger partial charge in [0.2, 0.25) is 0 Å². The lowest BCUT2D eigenvalue weighted by molar-refractivity contribution is -0.145. The first-order chi connectivity index (χ1) is 9.94. The average Bonchev–Trinajstić information content (AvgIpc) is 2.44. The zero-order valence-electron chi connectivity index (χ0n) is 15.9. The number of hydrogen-bond acceptors (Lipinski definition) is 0. The molecule has 2 unspecified atom stereocenters. The molecule has 0 heterocycles. The minimum atomic E-state index is 0.240. The monoisotopic (exact) mass is 298 g/mol. The summed E-state index contributed by atoms with van der Waals surface area (Å²) in [5.41, 5.74) is 4.42. The second-order valence-corrected chi connectivity index (χ2v) is 10.0. The highest BCUT2D eigenvalue weighted by atomic mass is 14.7. The molecule has 0 aromatic heterocycles. The van der Waals surface area contributed by atoms with E-state index in [4.69, 9.17) is 0 Å². The fraction of sp³-hybridized carbons (Fsp3) is 0.727. The highest BCUT2D eigenvalue weighted by molar-refractivity contribution is 5.42. The van der Waals surface area contributed by atoms with E-state index < -0.39 is 0 Å². The zero-order valence-corrected chi connectivity index (χ0v) is 15.9. The summed E-state index contributed by atoms with van der Waals surface area (Å²) < 4.78 is 0. The van der Waals surface area contributed by atoms with E-state index in [1.54, 1.807) is 11.1 Å². The van der Waals surface area contributed by atoms with E-state index in [9.17, 15) is 0 Å². The Morgan fingerprint density at radius 2 is 1.55 bits per heavy atom. The van der Waals surface area contributed by atoms with Crippen molar-refractivity contribution in [1.82, 2.24) is 0 Å². The van der Waals surface area contributed by atoms with Crippen LogP contribution in [0.4, 0.5) is 0 Å². The van der Waals surface area contributed by atoms with Gasteiger partial charge in [0.1, 0.15) is 0 Å². The van der Waals surface area contributed by atoms with Gasteiger partial charge in [-0.2, -0.15) is 0 Å². The minimum Gasteiger partial charge on any atom is -0.0839 e. The van der Waals surface area contributed by atoms with Gasteiger partial charge in [0.25, 0.3) is 0 Å². The van der Waals surface area contributed by atoms with Crippen LogP contribution in [0.2, 0.25) is 0 Å². The Labute approximate surface area is 137 Å². The molecule has 0 aromatic rings. The predicted molar refractivity (Wildman–Crippen MR) is 96.6 cm³/mol. The van der Waals surface area contributed by atoms with Gasteiger partial charge in [0.05, 0.1) is 0 Å². The molecule has 0 amide bonds. The van der Waals surface area contributed by atoms with Crippen molar-refractivity contribution in [2.45, 2.75) is 68.2 Å². The van der Waals surface area contributed by atoms with Gasteiger partial charge < -0.3 is 0 Å². The maximum atomic E-state index is 2.58. The van der Waals surface area contributed by atoms with Crippen molar-refractivity contribution in [3.63, 3.8) is 0 Å². The van der Waals surface area contributed by atoms with Crippen LogP contribution in [0, 0.1) is 33.5 Å². The molecule has 0 radical (unpaired) electrons. The third-order valence-corrected chi connectivity index (χ3v) is 8.86. The number of rotatable bonds is 0. The van der Waals surface area contributed by atoms with Gasteiger partial charge in [0, 0.05) is 0 Å². The van der Waals surface area contributed by atoms with Gasteiger partial charge in [-0.25, -0.2) is 0 Å². The maximum Gasteiger partial charge on any atom is -0.00820 e. The normalized spacial score (nSPS) is 36.7. The Bertz CT molecular complexity index is 575. The lowest BCUT2D eigenvalue weighted by atomic mass is 9.36. The van der Waals surface area contributed by atoms with Crippen LogP contribution in [0.5, 0.6) is 0 Å². The van der Waals surface area contributed by atoms with Gasteiger partial charge in [-0.15, -0.1) is 0 Å². The summed E-state index contributed by atoms with van der Waals surface area (Å²) in [6.07, 6.45) is 12.1. The van der Waals surface area contributed by atoms with Crippen LogP contribution in [0.3, 0.4) is 0 Å². The van der Waals surface area contributed by atoms with E-state index in [1.165, 1.54) is 12.8 Å². The zero-order chi connectivity index (χ0) is 16.6. The van der Waals surface area contributed by atoms with Gasteiger partial charge in [-0.05, 0) is 51.9 Å². The molecule has 1 saturated carbocycles. The fourth-order valence-corrected chi connectivity index (χ4v) is 5.47. The van der Waals surface area contributed by atoms with E-state index >= 15 is 0 Å². The molecule has 0 spiro atoms. The van der Waals surface area contributed by atoms with Crippen molar-refractivity contribution in [2.24, 2.45) is 33.5 Å². The summed E-state index contributed by atoms with van der Waals surface area (Å²) in [5.74, 6) is 1.45. The third kappa shape index (κ3) is 1.70. The van der Waals surface area contributed by atoms with Crippen LogP contribution < -0.4 is 0 Å². The molecule has 22 heavy (non-hydrogen) atoms. The quantitative estimate of drug-likeness (QED) is 0.475. The lowest BCUT2D eigenvalue weighted by Crippen LogP contribution is -2.61. The number of allylic oxidation sites excluding steroid dienone is 6. The van der Waals surface area contributed by atoms with E-state index in [2.05, 4.69) is 79.7 Å². The Kier molecular flexibility index (Phi) is 3.22. The van der Waals surface area contributed by atoms with Crippen molar-refractivity contribution < 1.29 is 0 Å². The van der Waals surface area contributed by atoms with Crippen molar-refractivity contribution in [3.05, 3.63) is 35.5 Å². The highest BCUT2D eigenvalue weighted by Crippen LogP contribution is 2.71. The molecule has 3 rings (SSSR count). The van der Waals surface area contributed by atoms with Crippen molar-refractivity contribution in [3.8, 4) is 0 Å². The molecule has 0 aliphatic heterocycles. The molecule has 1 fully saturated rings. The van der Waals surface area contributed by atoms with E-state index in [-0.39, 0.29) is 10.8 Å². The molecular formula is C22H34. The second kappa shape index (κ2) is 4.40. The summed E-state index contributed by atoms with van der Waals surface area (Å²) in [6.45, 7) is 20.0. The molecule has 0 aromatic carbocycles. The topological polar surface area (TPSA) is 0 Å². The van der Waals surface area contributed by atoms with Crippen LogP contribution in [0.1, 0.15) is 68.2 Å². The molecule has 122 valence electrons. The Morgan fingerprint density at radius 3 is 2.18 bits per heavy atom. The standard InChI is InChI=1S/C22H34/c1-19(2)17-13-15-11-9-10-12-16(15)14-18(17)20(3,4)22(7,8)21(19,5)6/h9-11,13,16,18H,12,14H2,1-8H3. The summed E-state index contributed by atoms with van der Waals surface area (Å²) in [4.78, 5) is 0. The summed E-state index contributed by atoms with van der Waals surface area (Å²) >= 11 is 0. The van der Waals surface area contributed by atoms with E-state index in [0.717, 1.165) is 5.92 Å². The molecule has 3 aliphatic rings. The molecule has 2 atom stereocenters. The van der Waals surface area contributed by atoms with Gasteiger partial charge in [0.15, 0.2) is 0 Å². The predicted octanol–water partition coefficient (Wildman–Crippen LogP) is 6.55. The molecule has 0 saturated heterocycles. The van der Waals surface area contributed by atoms with Crippen molar-refractivity contribution >= 4 is 0 Å². The first-order valence-corrected chi connectivity index (χ1v) is 9.03. The number of hydrogen-bond donors (Lipinski definition) is 0. The maximum absolute atomic E-state index is 2.58. The molecular weight excluding hydrogens is 264 g/mol. The first kappa shape index (κ1) is 16.1. The largest absolute Gasteiger partial charge is 0.0839 e. The fourth-order valence-electron chi connectivity index (χ4n) is 5.47. The molecule has 0 nitrogen and oxygen atoms in total. The third-order valence-electron chi connectivity index (χ3n) is 8.86. The first-order valence-electron chi connectivity index (χ1n) is 9.03. The number of fused-ring (bicyclic) bond motifs is 2. The SMILES string of the molecule is CC1(C)C2=CC3=CC=CCC3CC2C(C)(C)C(C)(C)C1(C)C. The van der Waals surface area contributed by atoms with Crippen molar-refractivity contribution in [2.75, 3.05) is 0 Å². The van der Waals surface area contributed by atoms with Crippen LogP contribution in [-0.2, 0) is 0 Å². The van der Waals surface area contributed by atoms with Gasteiger partial charge >= 0.3 is 0 Å². The van der Waals surface area contributed by atoms with E-state index in [0.29, 0.717) is 16.7 Å².